The standard InChI is InChI=1S/C12H21ClN4O/c1-5-7-18-12-16-10(13)15-11(17-12)14-9(4)8(3)6-2/h8-9H,5-7H2,1-4H3,(H,14,15,16,17). The molecule has 0 aliphatic rings. The number of hydrogen-bond acceptors (Lipinski definition) is 5. The number of halogens is 1. The lowest BCUT2D eigenvalue weighted by molar-refractivity contribution is 0.291. The van der Waals surface area contributed by atoms with Gasteiger partial charge in [0.2, 0.25) is 11.2 Å². The molecule has 0 aliphatic heterocycles. The van der Waals surface area contributed by atoms with E-state index in [-0.39, 0.29) is 17.3 Å². The van der Waals surface area contributed by atoms with Crippen LogP contribution in [0, 0.1) is 5.92 Å². The first-order valence-corrected chi connectivity index (χ1v) is 6.75. The number of aromatic nitrogens is 3. The summed E-state index contributed by atoms with van der Waals surface area (Å²) in [6.07, 6.45) is 1.99. The first-order chi connectivity index (χ1) is 8.56. The van der Waals surface area contributed by atoms with Crippen molar-refractivity contribution >= 4 is 17.5 Å². The lowest BCUT2D eigenvalue weighted by Gasteiger charge is -2.19. The van der Waals surface area contributed by atoms with Crippen molar-refractivity contribution in [2.24, 2.45) is 5.92 Å². The van der Waals surface area contributed by atoms with Crippen LogP contribution in [0.15, 0.2) is 0 Å². The summed E-state index contributed by atoms with van der Waals surface area (Å²) in [5.74, 6) is 0.995. The minimum atomic E-state index is 0.148. The number of nitrogens with one attached hydrogen (secondary N) is 1. The fourth-order valence-corrected chi connectivity index (χ4v) is 1.51. The van der Waals surface area contributed by atoms with Crippen LogP contribution in [-0.2, 0) is 0 Å². The van der Waals surface area contributed by atoms with E-state index in [0.29, 0.717) is 18.5 Å². The van der Waals surface area contributed by atoms with Gasteiger partial charge >= 0.3 is 6.01 Å². The molecule has 18 heavy (non-hydrogen) atoms. The second kappa shape index (κ2) is 7.36. The molecule has 2 atom stereocenters. The Hall–Kier alpha value is -1.10. The van der Waals surface area contributed by atoms with Crippen LogP contribution in [0.25, 0.3) is 0 Å². The molecule has 0 aliphatic carbocycles. The molecule has 2 unspecified atom stereocenters. The Bertz CT molecular complexity index is 375. The van der Waals surface area contributed by atoms with Gasteiger partial charge in [-0.1, -0.05) is 27.2 Å². The molecule has 1 rings (SSSR count). The van der Waals surface area contributed by atoms with Gasteiger partial charge in [-0.15, -0.1) is 0 Å². The van der Waals surface area contributed by atoms with Gasteiger partial charge in [-0.2, -0.15) is 15.0 Å². The largest absolute Gasteiger partial charge is 0.463 e. The number of nitrogens with zero attached hydrogens (tertiary/aromatic N) is 3. The summed E-state index contributed by atoms with van der Waals surface area (Å²) >= 11 is 5.84. The summed E-state index contributed by atoms with van der Waals surface area (Å²) in [4.78, 5) is 12.2. The third-order valence-corrected chi connectivity index (χ3v) is 3.05. The van der Waals surface area contributed by atoms with E-state index < -0.39 is 0 Å². The van der Waals surface area contributed by atoms with E-state index in [0.717, 1.165) is 12.8 Å². The van der Waals surface area contributed by atoms with Gasteiger partial charge in [0.1, 0.15) is 0 Å². The molecule has 0 amide bonds. The average Bonchev–Trinajstić information content (AvgIpc) is 2.34. The van der Waals surface area contributed by atoms with Gasteiger partial charge in [0.15, 0.2) is 0 Å². The van der Waals surface area contributed by atoms with Crippen molar-refractivity contribution in [1.29, 1.82) is 0 Å². The van der Waals surface area contributed by atoms with Gasteiger partial charge in [0.25, 0.3) is 0 Å². The SMILES string of the molecule is CCCOc1nc(Cl)nc(NC(C)C(C)CC)n1. The van der Waals surface area contributed by atoms with Crippen molar-refractivity contribution in [2.75, 3.05) is 11.9 Å². The summed E-state index contributed by atoms with van der Waals surface area (Å²) in [7, 11) is 0. The topological polar surface area (TPSA) is 59.9 Å². The summed E-state index contributed by atoms with van der Waals surface area (Å²) < 4.78 is 5.36. The van der Waals surface area contributed by atoms with Crippen molar-refractivity contribution in [3.05, 3.63) is 5.28 Å². The van der Waals surface area contributed by atoms with E-state index in [1.54, 1.807) is 0 Å². The molecule has 1 heterocycles. The third kappa shape index (κ3) is 4.64. The molecular formula is C12H21ClN4O. The highest BCUT2D eigenvalue weighted by Crippen LogP contribution is 2.15. The Labute approximate surface area is 113 Å². The monoisotopic (exact) mass is 272 g/mol. The van der Waals surface area contributed by atoms with E-state index in [4.69, 9.17) is 16.3 Å². The van der Waals surface area contributed by atoms with E-state index in [2.05, 4.69) is 41.0 Å². The summed E-state index contributed by atoms with van der Waals surface area (Å²) in [5, 5.41) is 3.37. The highest BCUT2D eigenvalue weighted by Gasteiger charge is 2.13. The molecule has 1 aromatic rings. The molecule has 0 saturated carbocycles. The number of hydrogen-bond donors (Lipinski definition) is 1. The van der Waals surface area contributed by atoms with Crippen molar-refractivity contribution in [2.45, 2.75) is 46.6 Å². The highest BCUT2D eigenvalue weighted by atomic mass is 35.5. The zero-order valence-electron chi connectivity index (χ0n) is 11.4. The van der Waals surface area contributed by atoms with Crippen LogP contribution < -0.4 is 10.1 Å². The molecule has 0 bridgehead atoms. The minimum absolute atomic E-state index is 0.148. The molecule has 0 saturated heterocycles. The molecule has 0 fully saturated rings. The smallest absolute Gasteiger partial charge is 0.322 e. The maximum Gasteiger partial charge on any atom is 0.322 e. The summed E-state index contributed by atoms with van der Waals surface area (Å²) in [6, 6.07) is 0.545. The van der Waals surface area contributed by atoms with Crippen molar-refractivity contribution < 1.29 is 4.74 Å². The highest BCUT2D eigenvalue weighted by molar-refractivity contribution is 6.28. The van der Waals surface area contributed by atoms with Crippen LogP contribution in [0.5, 0.6) is 6.01 Å². The van der Waals surface area contributed by atoms with Gasteiger partial charge in [-0.3, -0.25) is 0 Å². The third-order valence-electron chi connectivity index (χ3n) is 2.88. The lowest BCUT2D eigenvalue weighted by atomic mass is 10.0. The van der Waals surface area contributed by atoms with Crippen LogP contribution >= 0.6 is 11.6 Å². The Balaban J connectivity index is 2.73. The van der Waals surface area contributed by atoms with Crippen LogP contribution in [0.2, 0.25) is 5.28 Å². The normalized spacial score (nSPS) is 14.1. The average molecular weight is 273 g/mol. The Morgan fingerprint density at radius 1 is 1.22 bits per heavy atom. The van der Waals surface area contributed by atoms with Crippen LogP contribution in [0.3, 0.4) is 0 Å². The zero-order chi connectivity index (χ0) is 13.5. The fraction of sp³-hybridized carbons (Fsp3) is 0.750. The van der Waals surface area contributed by atoms with E-state index in [9.17, 15) is 0 Å². The molecule has 0 spiro atoms. The Kier molecular flexibility index (Phi) is 6.12. The Morgan fingerprint density at radius 2 is 1.94 bits per heavy atom. The second-order valence-electron chi connectivity index (χ2n) is 4.38. The van der Waals surface area contributed by atoms with Crippen molar-refractivity contribution in [3.63, 3.8) is 0 Å². The van der Waals surface area contributed by atoms with Crippen molar-refractivity contribution in [1.82, 2.24) is 15.0 Å². The van der Waals surface area contributed by atoms with E-state index >= 15 is 0 Å². The molecule has 1 aromatic heterocycles. The second-order valence-corrected chi connectivity index (χ2v) is 4.72. The number of anilines is 1. The lowest BCUT2D eigenvalue weighted by Crippen LogP contribution is -2.24. The van der Waals surface area contributed by atoms with E-state index in [1.165, 1.54) is 0 Å². The van der Waals surface area contributed by atoms with Crippen LogP contribution in [-0.4, -0.2) is 27.6 Å². The molecule has 0 radical (unpaired) electrons. The maximum absolute atomic E-state index is 5.84. The molecule has 102 valence electrons. The molecule has 5 nitrogen and oxygen atoms in total. The van der Waals surface area contributed by atoms with Gasteiger partial charge in [0, 0.05) is 6.04 Å². The number of rotatable bonds is 7. The molecule has 6 heteroatoms. The molecular weight excluding hydrogens is 252 g/mol. The predicted molar refractivity (Wildman–Crippen MR) is 73.2 cm³/mol. The fourth-order valence-electron chi connectivity index (χ4n) is 1.35. The van der Waals surface area contributed by atoms with Gasteiger partial charge < -0.3 is 10.1 Å². The van der Waals surface area contributed by atoms with Gasteiger partial charge in [-0.25, -0.2) is 0 Å². The maximum atomic E-state index is 5.84. The van der Waals surface area contributed by atoms with E-state index in [1.807, 2.05) is 6.92 Å². The number of ether oxygens (including phenoxy) is 1. The Morgan fingerprint density at radius 3 is 2.56 bits per heavy atom. The molecule has 1 N–H and O–H groups in total. The zero-order valence-corrected chi connectivity index (χ0v) is 12.2. The summed E-state index contributed by atoms with van der Waals surface area (Å²) in [5.41, 5.74) is 0. The quantitative estimate of drug-likeness (QED) is 0.826. The first kappa shape index (κ1) is 15.0. The molecule has 0 aromatic carbocycles. The van der Waals surface area contributed by atoms with Gasteiger partial charge in [-0.05, 0) is 30.9 Å². The van der Waals surface area contributed by atoms with Crippen molar-refractivity contribution in [3.8, 4) is 6.01 Å². The summed E-state index contributed by atoms with van der Waals surface area (Å²) in [6.45, 7) is 9.01. The van der Waals surface area contributed by atoms with Crippen LogP contribution in [0.4, 0.5) is 5.95 Å². The first-order valence-electron chi connectivity index (χ1n) is 6.37. The minimum Gasteiger partial charge on any atom is -0.463 e. The predicted octanol–water partition coefficient (Wildman–Crippen LogP) is 3.16. The van der Waals surface area contributed by atoms with Gasteiger partial charge in [0.05, 0.1) is 6.61 Å². The van der Waals surface area contributed by atoms with Crippen LogP contribution in [0.1, 0.15) is 40.5 Å².